The molecule has 0 unspecified atom stereocenters. The van der Waals surface area contributed by atoms with E-state index in [1.807, 2.05) is 12.1 Å². The predicted molar refractivity (Wildman–Crippen MR) is 113 cm³/mol. The average molecular weight is 385 g/mol. The Kier molecular flexibility index (Phi) is 7.94. The van der Waals surface area contributed by atoms with Gasteiger partial charge in [0.05, 0.1) is 5.56 Å². The zero-order valence-electron chi connectivity index (χ0n) is 17.0. The molecule has 0 aromatic heterocycles. The van der Waals surface area contributed by atoms with Crippen LogP contribution in [-0.4, -0.2) is 8.80 Å². The molecule has 1 radical (unpaired) electrons. The molecule has 147 valence electrons. The maximum absolute atomic E-state index is 13.7. The van der Waals surface area contributed by atoms with Crippen LogP contribution in [-0.2, 0) is 6.42 Å². The number of hydrogen-bond donors (Lipinski definition) is 0. The van der Waals surface area contributed by atoms with E-state index < -0.39 is 0 Å². The highest BCUT2D eigenvalue weighted by Gasteiger charge is 2.30. The first-order valence-electron chi connectivity index (χ1n) is 11.2. The number of benzene rings is 1. The third-order valence-electron chi connectivity index (χ3n) is 7.28. The van der Waals surface area contributed by atoms with Gasteiger partial charge in [-0.25, -0.2) is 4.39 Å². The van der Waals surface area contributed by atoms with Crippen molar-refractivity contribution >= 4 is 8.80 Å². The molecule has 2 aliphatic rings. The fraction of sp³-hybridized carbons (Fsp3) is 0.708. The van der Waals surface area contributed by atoms with Crippen molar-refractivity contribution in [3.05, 3.63) is 35.1 Å². The highest BCUT2D eigenvalue weighted by Crippen LogP contribution is 2.41. The first-order valence-corrected chi connectivity index (χ1v) is 13.3. The Hall–Kier alpha value is -1.14. The smallest absolute Gasteiger partial charge is 0.141 e. The van der Waals surface area contributed by atoms with Crippen LogP contribution >= 0.6 is 0 Å². The summed E-state index contributed by atoms with van der Waals surface area (Å²) in [5.41, 5.74) is 1.18. The lowest BCUT2D eigenvalue weighted by Gasteiger charge is -2.37. The van der Waals surface area contributed by atoms with E-state index in [9.17, 15) is 4.39 Å². The second kappa shape index (κ2) is 10.4. The summed E-state index contributed by atoms with van der Waals surface area (Å²) >= 11 is 0. The molecule has 1 nitrogen and oxygen atoms in total. The number of hydrogen-bond acceptors (Lipinski definition) is 1. The Morgan fingerprint density at radius 3 is 2.37 bits per heavy atom. The number of aryl methyl sites for hydroxylation is 1. The van der Waals surface area contributed by atoms with Gasteiger partial charge in [-0.1, -0.05) is 69.6 Å². The monoisotopic (exact) mass is 384 g/mol. The van der Waals surface area contributed by atoms with Crippen molar-refractivity contribution in [2.75, 3.05) is 0 Å². The number of unbranched alkanes of at least 4 members (excludes halogenated alkanes) is 1. The van der Waals surface area contributed by atoms with E-state index in [0.29, 0.717) is 0 Å². The van der Waals surface area contributed by atoms with Crippen LogP contribution in [0.25, 0.3) is 0 Å². The standard InChI is InChI=1S/C24H35FNSi/c1-2-27-15-13-22(14-16-27)21-10-7-19(8-11-21)5-3-4-6-20-9-12-23(18-26)24(25)17-20/h9,12,17,19,21-22H,2-8,10-11,13-16H2,1H3. The van der Waals surface area contributed by atoms with Gasteiger partial charge in [0.25, 0.3) is 0 Å². The van der Waals surface area contributed by atoms with Crippen molar-refractivity contribution in [3.63, 3.8) is 0 Å². The number of halogens is 1. The quantitative estimate of drug-likeness (QED) is 0.362. The molecule has 27 heavy (non-hydrogen) atoms. The minimum Gasteiger partial charge on any atom is -0.206 e. The Bertz CT molecular complexity index is 622. The van der Waals surface area contributed by atoms with Gasteiger partial charge in [-0.15, -0.1) is 0 Å². The molecule has 1 aromatic rings. The summed E-state index contributed by atoms with van der Waals surface area (Å²) in [5.74, 6) is 2.64. The van der Waals surface area contributed by atoms with Crippen LogP contribution in [0, 0.1) is 34.9 Å². The number of nitrogens with zero attached hydrogens (tertiary/aromatic N) is 1. The van der Waals surface area contributed by atoms with Crippen LogP contribution in [0.3, 0.4) is 0 Å². The van der Waals surface area contributed by atoms with Crippen molar-refractivity contribution in [3.8, 4) is 6.07 Å². The fourth-order valence-corrected chi connectivity index (χ4v) is 7.90. The molecule has 1 aliphatic carbocycles. The van der Waals surface area contributed by atoms with Gasteiger partial charge >= 0.3 is 0 Å². The van der Waals surface area contributed by atoms with Gasteiger partial charge in [0.1, 0.15) is 11.9 Å². The molecule has 1 saturated carbocycles. The van der Waals surface area contributed by atoms with E-state index in [1.54, 1.807) is 37.1 Å². The molecule has 2 fully saturated rings. The molecule has 0 N–H and O–H groups in total. The summed E-state index contributed by atoms with van der Waals surface area (Å²) in [6.45, 7) is 2.40. The van der Waals surface area contributed by atoms with Crippen molar-refractivity contribution in [1.29, 1.82) is 5.26 Å². The molecule has 0 spiro atoms. The molecular formula is C24H35FNSi. The Morgan fingerprint density at radius 1 is 1.04 bits per heavy atom. The summed E-state index contributed by atoms with van der Waals surface area (Å²) < 4.78 is 13.7. The molecule has 1 saturated heterocycles. The molecule has 3 heteroatoms. The molecule has 1 heterocycles. The maximum Gasteiger partial charge on any atom is 0.141 e. The Labute approximate surface area is 167 Å². The number of rotatable bonds is 7. The summed E-state index contributed by atoms with van der Waals surface area (Å²) in [6.07, 6.45) is 13.6. The van der Waals surface area contributed by atoms with Crippen molar-refractivity contribution in [1.82, 2.24) is 0 Å². The van der Waals surface area contributed by atoms with Crippen molar-refractivity contribution in [2.24, 2.45) is 17.8 Å². The summed E-state index contributed by atoms with van der Waals surface area (Å²) in [5, 5.41) is 8.80. The molecular weight excluding hydrogens is 349 g/mol. The first kappa shape index (κ1) is 20.6. The second-order valence-corrected chi connectivity index (χ2v) is 12.1. The minimum atomic E-state index is -0.372. The zero-order valence-corrected chi connectivity index (χ0v) is 18.0. The van der Waals surface area contributed by atoms with Crippen LogP contribution in [0.5, 0.6) is 0 Å². The van der Waals surface area contributed by atoms with E-state index in [-0.39, 0.29) is 20.2 Å². The van der Waals surface area contributed by atoms with Gasteiger partial charge in [0.15, 0.2) is 0 Å². The van der Waals surface area contributed by atoms with Gasteiger partial charge in [0.2, 0.25) is 0 Å². The molecule has 1 aromatic carbocycles. The summed E-state index contributed by atoms with van der Waals surface area (Å²) in [4.78, 5) is 0. The van der Waals surface area contributed by atoms with E-state index in [0.717, 1.165) is 36.2 Å². The van der Waals surface area contributed by atoms with E-state index >= 15 is 0 Å². The lowest BCUT2D eigenvalue weighted by atomic mass is 9.73. The van der Waals surface area contributed by atoms with E-state index in [1.165, 1.54) is 44.6 Å². The highest BCUT2D eigenvalue weighted by atomic mass is 28.3. The fourth-order valence-electron chi connectivity index (χ4n) is 5.39. The maximum atomic E-state index is 13.7. The van der Waals surface area contributed by atoms with Gasteiger partial charge in [-0.2, -0.15) is 5.26 Å². The van der Waals surface area contributed by atoms with Gasteiger partial charge < -0.3 is 0 Å². The van der Waals surface area contributed by atoms with Gasteiger partial charge in [0, 0.05) is 8.80 Å². The van der Waals surface area contributed by atoms with Crippen LogP contribution in [0.15, 0.2) is 18.2 Å². The molecule has 1 aliphatic heterocycles. The minimum absolute atomic E-state index is 0.0484. The van der Waals surface area contributed by atoms with Crippen LogP contribution < -0.4 is 0 Å². The topological polar surface area (TPSA) is 23.8 Å². The van der Waals surface area contributed by atoms with Crippen molar-refractivity contribution in [2.45, 2.75) is 89.3 Å². The first-order chi connectivity index (χ1) is 13.2. The van der Waals surface area contributed by atoms with Crippen LogP contribution in [0.2, 0.25) is 18.1 Å². The number of nitriles is 1. The lowest BCUT2D eigenvalue weighted by Crippen LogP contribution is -2.28. The largest absolute Gasteiger partial charge is 0.206 e. The molecule has 0 atom stereocenters. The highest BCUT2D eigenvalue weighted by molar-refractivity contribution is 6.58. The normalized spacial score (nSPS) is 24.6. The van der Waals surface area contributed by atoms with Gasteiger partial charge in [-0.3, -0.25) is 0 Å². The third kappa shape index (κ3) is 5.91. The Balaban J connectivity index is 1.31. The lowest BCUT2D eigenvalue weighted by molar-refractivity contribution is 0.184. The van der Waals surface area contributed by atoms with E-state index in [2.05, 4.69) is 6.92 Å². The molecule has 3 rings (SSSR count). The summed E-state index contributed by atoms with van der Waals surface area (Å²) in [6, 6.07) is 11.6. The summed E-state index contributed by atoms with van der Waals surface area (Å²) in [7, 11) is 0.0484. The average Bonchev–Trinajstić information content (AvgIpc) is 2.72. The third-order valence-corrected chi connectivity index (χ3v) is 10.3. The second-order valence-electron chi connectivity index (χ2n) is 8.89. The van der Waals surface area contributed by atoms with Gasteiger partial charge in [-0.05, 0) is 61.1 Å². The van der Waals surface area contributed by atoms with Crippen LogP contribution in [0.1, 0.15) is 75.8 Å². The van der Waals surface area contributed by atoms with Crippen molar-refractivity contribution < 1.29 is 4.39 Å². The van der Waals surface area contributed by atoms with E-state index in [4.69, 9.17) is 5.26 Å². The zero-order chi connectivity index (χ0) is 19.1. The van der Waals surface area contributed by atoms with Crippen LogP contribution in [0.4, 0.5) is 4.39 Å². The predicted octanol–water partition coefficient (Wildman–Crippen LogP) is 7.14. The molecule has 0 amide bonds. The SMILES string of the molecule is CC[Si]1CCC(C2CCC(CCCCc3ccc(C#N)c(F)c3)CC2)CC1. The molecule has 0 bridgehead atoms. The Morgan fingerprint density at radius 2 is 1.74 bits per heavy atom.